The number of benzene rings is 2. The van der Waals surface area contributed by atoms with Crippen molar-refractivity contribution in [2.24, 2.45) is 4.99 Å². The molecule has 0 spiro atoms. The predicted molar refractivity (Wildman–Crippen MR) is 135 cm³/mol. The number of rotatable bonds is 7. The van der Waals surface area contributed by atoms with Crippen LogP contribution in [0.2, 0.25) is 0 Å². The van der Waals surface area contributed by atoms with Gasteiger partial charge >= 0.3 is 6.03 Å². The molecule has 4 N–H and O–H groups in total. The number of carbonyl (C=O) groups is 1. The summed E-state index contributed by atoms with van der Waals surface area (Å²) >= 11 is 0. The minimum Gasteiger partial charge on any atom is -0.356 e. The van der Waals surface area contributed by atoms with Crippen LogP contribution in [0.1, 0.15) is 37.8 Å². The van der Waals surface area contributed by atoms with Crippen molar-refractivity contribution in [2.45, 2.75) is 44.7 Å². The van der Waals surface area contributed by atoms with Gasteiger partial charge in [0.25, 0.3) is 0 Å². The van der Waals surface area contributed by atoms with Crippen molar-refractivity contribution in [2.75, 3.05) is 18.9 Å². The van der Waals surface area contributed by atoms with Gasteiger partial charge in [-0.05, 0) is 56.0 Å². The van der Waals surface area contributed by atoms with Gasteiger partial charge in [0.2, 0.25) is 0 Å². The van der Waals surface area contributed by atoms with Gasteiger partial charge in [-0.15, -0.1) is 24.0 Å². The highest BCUT2D eigenvalue weighted by Gasteiger charge is 2.45. The fraction of sp³-hybridized carbons (Fsp3) is 0.391. The molecule has 0 aromatic heterocycles. The van der Waals surface area contributed by atoms with Gasteiger partial charge in [0.1, 0.15) is 5.82 Å². The highest BCUT2D eigenvalue weighted by Crippen LogP contribution is 2.48. The van der Waals surface area contributed by atoms with Gasteiger partial charge in [0.15, 0.2) is 5.96 Å². The monoisotopic (exact) mass is 539 g/mol. The summed E-state index contributed by atoms with van der Waals surface area (Å²) in [5.41, 5.74) is 2.42. The molecule has 168 valence electrons. The summed E-state index contributed by atoms with van der Waals surface area (Å²) in [4.78, 5) is 16.0. The van der Waals surface area contributed by atoms with Crippen molar-refractivity contribution in [3.63, 3.8) is 0 Å². The van der Waals surface area contributed by atoms with Crippen LogP contribution in [0.25, 0.3) is 0 Å². The molecule has 0 unspecified atom stereocenters. The molecule has 3 rings (SSSR count). The molecule has 2 aromatic rings. The van der Waals surface area contributed by atoms with Crippen LogP contribution < -0.4 is 21.3 Å². The van der Waals surface area contributed by atoms with Crippen molar-refractivity contribution < 1.29 is 9.18 Å². The van der Waals surface area contributed by atoms with Gasteiger partial charge in [0, 0.05) is 37.3 Å². The maximum Gasteiger partial charge on any atom is 0.319 e. The number of anilines is 1. The number of aliphatic imine (C=N–C) groups is 1. The SMILES string of the molecule is CN=C(NCc1ccc(NC(=O)NC(C)C)cc1)NCC1(c2ccccc2F)CC1.I. The van der Waals surface area contributed by atoms with Crippen LogP contribution in [0.5, 0.6) is 0 Å². The Labute approximate surface area is 200 Å². The van der Waals surface area contributed by atoms with E-state index >= 15 is 0 Å². The second kappa shape index (κ2) is 11.3. The number of nitrogens with one attached hydrogen (secondary N) is 4. The van der Waals surface area contributed by atoms with Crippen LogP contribution in [-0.2, 0) is 12.0 Å². The molecule has 2 aromatic carbocycles. The number of amides is 2. The molecular weight excluding hydrogens is 508 g/mol. The number of urea groups is 1. The first kappa shape index (κ1) is 24.9. The first-order valence-electron chi connectivity index (χ1n) is 10.3. The molecule has 0 heterocycles. The average molecular weight is 539 g/mol. The lowest BCUT2D eigenvalue weighted by molar-refractivity contribution is 0.250. The van der Waals surface area contributed by atoms with Crippen molar-refractivity contribution in [1.29, 1.82) is 0 Å². The molecule has 1 fully saturated rings. The number of guanidine groups is 1. The lowest BCUT2D eigenvalue weighted by Crippen LogP contribution is -2.41. The smallest absolute Gasteiger partial charge is 0.319 e. The van der Waals surface area contributed by atoms with E-state index < -0.39 is 0 Å². The Balaban J connectivity index is 0.00000341. The Bertz CT molecular complexity index is 897. The minimum atomic E-state index is -0.218. The quantitative estimate of drug-likeness (QED) is 0.240. The van der Waals surface area contributed by atoms with Gasteiger partial charge in [-0.2, -0.15) is 0 Å². The summed E-state index contributed by atoms with van der Waals surface area (Å²) < 4.78 is 14.2. The Hall–Kier alpha value is -2.36. The van der Waals surface area contributed by atoms with E-state index in [-0.39, 0.29) is 47.3 Å². The lowest BCUT2D eigenvalue weighted by atomic mass is 9.95. The van der Waals surface area contributed by atoms with Crippen LogP contribution in [0.15, 0.2) is 53.5 Å². The van der Waals surface area contributed by atoms with Gasteiger partial charge < -0.3 is 21.3 Å². The van der Waals surface area contributed by atoms with Gasteiger partial charge in [-0.3, -0.25) is 4.99 Å². The van der Waals surface area contributed by atoms with Crippen molar-refractivity contribution in [1.82, 2.24) is 16.0 Å². The largest absolute Gasteiger partial charge is 0.356 e. The van der Waals surface area contributed by atoms with Crippen LogP contribution >= 0.6 is 24.0 Å². The molecule has 2 amide bonds. The number of carbonyl (C=O) groups excluding carboxylic acids is 1. The number of hydrogen-bond acceptors (Lipinski definition) is 2. The molecule has 1 aliphatic carbocycles. The van der Waals surface area contributed by atoms with Gasteiger partial charge in [0.05, 0.1) is 0 Å². The Morgan fingerprint density at radius 1 is 1.10 bits per heavy atom. The fourth-order valence-corrected chi connectivity index (χ4v) is 3.38. The topological polar surface area (TPSA) is 77.5 Å². The normalized spacial score (nSPS) is 14.4. The molecule has 0 radical (unpaired) electrons. The van der Waals surface area contributed by atoms with Gasteiger partial charge in [-0.25, -0.2) is 9.18 Å². The third-order valence-corrected chi connectivity index (χ3v) is 5.21. The Kier molecular flexibility index (Phi) is 9.09. The van der Waals surface area contributed by atoms with E-state index in [4.69, 9.17) is 0 Å². The fourth-order valence-electron chi connectivity index (χ4n) is 3.38. The first-order valence-corrected chi connectivity index (χ1v) is 10.3. The van der Waals surface area contributed by atoms with E-state index in [1.165, 1.54) is 6.07 Å². The van der Waals surface area contributed by atoms with Crippen LogP contribution in [0.4, 0.5) is 14.9 Å². The summed E-state index contributed by atoms with van der Waals surface area (Å²) in [6.45, 7) is 5.06. The summed E-state index contributed by atoms with van der Waals surface area (Å²) in [5.74, 6) is 0.534. The standard InChI is InChI=1S/C23H30FN5O.HI/c1-16(2)28-22(30)29-18-10-8-17(9-11-18)14-26-21(25-3)27-15-23(12-13-23)19-6-4-5-7-20(19)24;/h4-11,16H,12-15H2,1-3H3,(H2,25,26,27)(H2,28,29,30);1H. The van der Waals surface area contributed by atoms with Crippen LogP contribution in [0.3, 0.4) is 0 Å². The maximum absolute atomic E-state index is 14.2. The Morgan fingerprint density at radius 3 is 2.35 bits per heavy atom. The second-order valence-corrected chi connectivity index (χ2v) is 7.99. The predicted octanol–water partition coefficient (Wildman–Crippen LogP) is 4.37. The molecule has 31 heavy (non-hydrogen) atoms. The molecular formula is C23H31FIN5O. The molecule has 0 bridgehead atoms. The van der Waals surface area contributed by atoms with Gasteiger partial charge in [-0.1, -0.05) is 30.3 Å². The molecule has 0 atom stereocenters. The highest BCUT2D eigenvalue weighted by atomic mass is 127. The van der Waals surface area contributed by atoms with E-state index in [0.717, 1.165) is 29.7 Å². The molecule has 8 heteroatoms. The number of halogens is 2. The van der Waals surface area contributed by atoms with Crippen LogP contribution in [0, 0.1) is 5.82 Å². The lowest BCUT2D eigenvalue weighted by Gasteiger charge is -2.19. The highest BCUT2D eigenvalue weighted by molar-refractivity contribution is 14.0. The zero-order chi connectivity index (χ0) is 21.6. The van der Waals surface area contributed by atoms with Crippen LogP contribution in [-0.4, -0.2) is 31.6 Å². The first-order chi connectivity index (χ1) is 14.4. The zero-order valence-corrected chi connectivity index (χ0v) is 20.5. The van der Waals surface area contributed by atoms with Crippen molar-refractivity contribution in [3.8, 4) is 0 Å². The van der Waals surface area contributed by atoms with E-state index in [0.29, 0.717) is 19.0 Å². The Morgan fingerprint density at radius 2 is 1.77 bits per heavy atom. The summed E-state index contributed by atoms with van der Waals surface area (Å²) in [6.07, 6.45) is 1.94. The maximum atomic E-state index is 14.2. The molecule has 0 aliphatic heterocycles. The molecule has 1 saturated carbocycles. The molecule has 1 aliphatic rings. The zero-order valence-electron chi connectivity index (χ0n) is 18.2. The van der Waals surface area contributed by atoms with E-state index in [2.05, 4.69) is 26.3 Å². The summed E-state index contributed by atoms with van der Waals surface area (Å²) in [6, 6.07) is 14.5. The molecule has 0 saturated heterocycles. The van der Waals surface area contributed by atoms with E-state index in [1.807, 2.05) is 50.2 Å². The number of hydrogen-bond donors (Lipinski definition) is 4. The van der Waals surface area contributed by atoms with Crippen molar-refractivity contribution >= 4 is 41.7 Å². The number of nitrogens with zero attached hydrogens (tertiary/aromatic N) is 1. The summed E-state index contributed by atoms with van der Waals surface area (Å²) in [7, 11) is 1.72. The van der Waals surface area contributed by atoms with E-state index in [1.54, 1.807) is 13.1 Å². The van der Waals surface area contributed by atoms with E-state index in [9.17, 15) is 9.18 Å². The minimum absolute atomic E-state index is 0. The average Bonchev–Trinajstić information content (AvgIpc) is 3.50. The summed E-state index contributed by atoms with van der Waals surface area (Å²) in [5, 5.41) is 12.2. The molecule has 6 nitrogen and oxygen atoms in total. The third kappa shape index (κ3) is 7.09. The third-order valence-electron chi connectivity index (χ3n) is 5.21. The van der Waals surface area contributed by atoms with Crippen molar-refractivity contribution in [3.05, 3.63) is 65.5 Å². The second-order valence-electron chi connectivity index (χ2n) is 7.99.